The maximum atomic E-state index is 12.2. The van der Waals surface area contributed by atoms with E-state index in [0.29, 0.717) is 17.2 Å². The van der Waals surface area contributed by atoms with Gasteiger partial charge < -0.3 is 0 Å². The SMILES string of the molecule is C=C/C(=C\C(=C/C[CH2-])[I-]C)n1nc(-c2ccc(N)cc2)[nH]c1=O.[Lr]. The molecule has 0 amide bonds. The summed E-state index contributed by atoms with van der Waals surface area (Å²) in [6.45, 7) is 7.62. The number of rotatable bonds is 6. The molecule has 2 rings (SSSR count). The number of aromatic nitrogens is 3. The third kappa shape index (κ3) is 4.22. The molecule has 0 aliphatic heterocycles. The molecule has 24 heavy (non-hydrogen) atoms. The summed E-state index contributed by atoms with van der Waals surface area (Å²) in [6.07, 6.45) is 6.36. The van der Waals surface area contributed by atoms with E-state index >= 15 is 0 Å². The van der Waals surface area contributed by atoms with Gasteiger partial charge in [-0.1, -0.05) is 0 Å². The second kappa shape index (κ2) is 8.52. The molecule has 137 valence electrons. The standard InChI is InChI=1S/C17H19IN4O.Lr/c1-4-6-13(18-3)11-15(5-2)22-17(23)20-16(21-22)12-7-9-14(19)10-8-12;/h5-11H,1-2,4,19H2,3H3,(H,20,21,23);/q-2;/b13-6+,15-11+;. The van der Waals surface area contributed by atoms with E-state index in [4.69, 9.17) is 5.73 Å². The molecule has 0 saturated heterocycles. The number of alkyl halides is 1. The molecule has 0 atom stereocenters. The number of aromatic amines is 1. The molecule has 1 aromatic carbocycles. The fourth-order valence-electron chi connectivity index (χ4n) is 1.95. The first kappa shape index (κ1) is 19.0. The fourth-order valence-corrected chi connectivity index (χ4v) is 3.33. The molecule has 5 nitrogen and oxygen atoms in total. The summed E-state index contributed by atoms with van der Waals surface area (Å²) in [4.78, 5) is 17.1. The van der Waals surface area contributed by atoms with Gasteiger partial charge in [-0.15, -0.1) is 0 Å². The number of allylic oxidation sites excluding steroid dienone is 5. The molecule has 0 saturated carbocycles. The number of benzene rings is 1. The largest absolute Gasteiger partial charge is 0 e. The third-order valence-corrected chi connectivity index (χ3v) is 5.10. The van der Waals surface area contributed by atoms with Gasteiger partial charge in [0.25, 0.3) is 0 Å². The summed E-state index contributed by atoms with van der Waals surface area (Å²) in [5.74, 6) is 0.497. The zero-order chi connectivity index (χ0) is 16.8. The van der Waals surface area contributed by atoms with Crippen LogP contribution in [0.2, 0.25) is 0 Å². The quantitative estimate of drug-likeness (QED) is 0.144. The van der Waals surface area contributed by atoms with Crippen molar-refractivity contribution in [2.45, 2.75) is 6.42 Å². The van der Waals surface area contributed by atoms with Gasteiger partial charge in [0.05, 0.1) is 0 Å². The number of hydrogen-bond donors (Lipinski definition) is 2. The fraction of sp³-hybridized carbons (Fsp3) is 0.118. The van der Waals surface area contributed by atoms with Crippen LogP contribution >= 0.6 is 0 Å². The number of H-pyrrole nitrogens is 1. The zero-order valence-electron chi connectivity index (χ0n) is 13.2. The molecule has 0 bridgehead atoms. The van der Waals surface area contributed by atoms with Crippen LogP contribution in [0, 0.1) is 6.92 Å². The van der Waals surface area contributed by atoms with Crippen LogP contribution < -0.4 is 32.6 Å². The van der Waals surface area contributed by atoms with E-state index in [1.54, 1.807) is 18.2 Å². The van der Waals surface area contributed by atoms with Gasteiger partial charge in [0.2, 0.25) is 0 Å². The van der Waals surface area contributed by atoms with Crippen LogP contribution in [0.3, 0.4) is 0 Å². The Kier molecular flexibility index (Phi) is 6.73. The summed E-state index contributed by atoms with van der Waals surface area (Å²) < 4.78 is 2.52. The van der Waals surface area contributed by atoms with Gasteiger partial charge in [-0.25, -0.2) is 0 Å². The van der Waals surface area contributed by atoms with Gasteiger partial charge in [-0.2, -0.15) is 0 Å². The average Bonchev–Trinajstić information content (AvgIpc) is 2.94. The van der Waals surface area contributed by atoms with E-state index < -0.39 is 0 Å². The molecule has 7 heteroatoms. The van der Waals surface area contributed by atoms with Crippen LogP contribution in [0.15, 0.2) is 57.4 Å². The van der Waals surface area contributed by atoms with Crippen molar-refractivity contribution in [3.05, 3.63) is 70.1 Å². The Morgan fingerprint density at radius 1 is 1.46 bits per heavy atom. The van der Waals surface area contributed by atoms with E-state index in [1.807, 2.05) is 18.2 Å². The smallest absolute Gasteiger partial charge is 0 e. The molecule has 1 radical (unpaired) electrons. The van der Waals surface area contributed by atoms with Gasteiger partial charge in [0, 0.05) is 0 Å². The Hall–Kier alpha value is -3.09. The maximum absolute atomic E-state index is 12.2. The molecule has 0 unspecified atom stereocenters. The first-order chi connectivity index (χ1) is 11.1. The van der Waals surface area contributed by atoms with Crippen LogP contribution in [-0.4, -0.2) is 19.7 Å². The minimum Gasteiger partial charge on any atom is 0 e. The maximum Gasteiger partial charge on any atom is 0 e. The Morgan fingerprint density at radius 2 is 2.12 bits per heavy atom. The van der Waals surface area contributed by atoms with E-state index in [2.05, 4.69) is 34.6 Å². The molecule has 1 aromatic heterocycles. The Bertz CT molecular complexity index is 803. The molecule has 0 aliphatic carbocycles. The average molecular weight is 684 g/mol. The van der Waals surface area contributed by atoms with E-state index in [-0.39, 0.29) is 26.9 Å². The van der Waals surface area contributed by atoms with E-state index in [0.717, 1.165) is 12.0 Å². The van der Waals surface area contributed by atoms with Gasteiger partial charge in [-0.05, 0) is 0 Å². The van der Waals surface area contributed by atoms with Gasteiger partial charge in [0.15, 0.2) is 0 Å². The van der Waals surface area contributed by atoms with Gasteiger partial charge in [0.1, 0.15) is 0 Å². The number of nitrogens with one attached hydrogen (secondary N) is 1. The minimum absolute atomic E-state index is 0. The number of hydrogen-bond acceptors (Lipinski definition) is 3. The molecule has 3 N–H and O–H groups in total. The Morgan fingerprint density at radius 3 is 2.67 bits per heavy atom. The van der Waals surface area contributed by atoms with Crippen molar-refractivity contribution in [2.24, 2.45) is 0 Å². The van der Waals surface area contributed by atoms with Crippen LogP contribution in [0.5, 0.6) is 0 Å². The predicted molar refractivity (Wildman–Crippen MR) is 91.1 cm³/mol. The van der Waals surface area contributed by atoms with Gasteiger partial charge in [-0.3, -0.25) is 0 Å². The number of halogens is 1. The van der Waals surface area contributed by atoms with Crippen molar-refractivity contribution in [3.63, 3.8) is 0 Å². The summed E-state index contributed by atoms with van der Waals surface area (Å²) in [5.41, 5.74) is 7.49. The van der Waals surface area contributed by atoms with Gasteiger partial charge >= 0.3 is 146 Å². The monoisotopic (exact) mass is 684 g/mol. The molecule has 2 aromatic rings. The Labute approximate surface area is 145 Å². The topological polar surface area (TPSA) is 76.7 Å². The minimum atomic E-state index is -0.300. The number of anilines is 1. The Balaban J connectivity index is 0.00000288. The molecule has 0 spiro atoms. The van der Waals surface area contributed by atoms with Crippen molar-refractivity contribution < 1.29 is 21.2 Å². The molecular formula is C17H19ILrN4O-2. The normalized spacial score (nSPS) is 12.1. The van der Waals surface area contributed by atoms with Crippen molar-refractivity contribution in [2.75, 3.05) is 10.7 Å². The number of nitrogens with zero attached hydrogens (tertiary/aromatic N) is 2. The second-order valence-electron chi connectivity index (χ2n) is 4.65. The third-order valence-electron chi connectivity index (χ3n) is 3.10. The van der Waals surface area contributed by atoms with E-state index in [1.165, 1.54) is 8.26 Å². The first-order valence-electron chi connectivity index (χ1n) is 6.97. The van der Waals surface area contributed by atoms with Crippen molar-refractivity contribution in [3.8, 4) is 11.4 Å². The first-order valence-corrected chi connectivity index (χ1v) is 10.2. The predicted octanol–water partition coefficient (Wildman–Crippen LogP) is -0.326. The summed E-state index contributed by atoms with van der Waals surface area (Å²) in [7, 11) is 0. The van der Waals surface area contributed by atoms with Crippen molar-refractivity contribution >= 4 is 11.4 Å². The van der Waals surface area contributed by atoms with E-state index in [9.17, 15) is 4.79 Å². The summed E-state index contributed by atoms with van der Waals surface area (Å²) in [6, 6.07) is 7.18. The number of nitrogen functional groups attached to an aromatic ring is 1. The van der Waals surface area contributed by atoms with Crippen LogP contribution in [0.1, 0.15) is 6.42 Å². The second-order valence-corrected chi connectivity index (χ2v) is 6.98. The van der Waals surface area contributed by atoms with Crippen LogP contribution in [0.4, 0.5) is 5.69 Å². The van der Waals surface area contributed by atoms with Crippen LogP contribution in [-0.2, 0) is 0 Å². The van der Waals surface area contributed by atoms with Crippen LogP contribution in [0.25, 0.3) is 17.1 Å². The zero-order valence-corrected chi connectivity index (χ0v) is 17.5. The molecule has 1 heterocycles. The molecule has 0 fully saturated rings. The molecular weight excluding hydrogens is 665 g/mol. The number of nitrogens with two attached hydrogens (primary N) is 1. The van der Waals surface area contributed by atoms with Crippen molar-refractivity contribution in [1.82, 2.24) is 14.8 Å². The van der Waals surface area contributed by atoms with Crippen molar-refractivity contribution in [1.29, 1.82) is 0 Å². The summed E-state index contributed by atoms with van der Waals surface area (Å²) >= 11 is -0.118. The molecule has 0 aliphatic rings. The summed E-state index contributed by atoms with van der Waals surface area (Å²) in [5, 5.41) is 4.37.